The van der Waals surface area contributed by atoms with Gasteiger partial charge >= 0.3 is 0 Å². The quantitative estimate of drug-likeness (QED) is 0.358. The highest BCUT2D eigenvalue weighted by Gasteiger charge is 2.40. The normalized spacial score (nSPS) is 16.5. The van der Waals surface area contributed by atoms with Gasteiger partial charge in [-0.2, -0.15) is 0 Å². The lowest BCUT2D eigenvalue weighted by atomic mass is 9.74. The molecule has 0 N–H and O–H groups in total. The van der Waals surface area contributed by atoms with Gasteiger partial charge in [0.05, 0.1) is 0 Å². The van der Waals surface area contributed by atoms with Crippen molar-refractivity contribution in [3.05, 3.63) is 101 Å². The third-order valence-electron chi connectivity index (χ3n) is 8.56. The second kappa shape index (κ2) is 11.5. The number of rotatable bonds is 9. The van der Waals surface area contributed by atoms with Gasteiger partial charge in [0.15, 0.2) is 0 Å². The molecule has 3 aromatic carbocycles. The fraction of sp³-hybridized carbons (Fsp3) is 0.424. The number of hydrogen-bond donors (Lipinski definition) is 0. The van der Waals surface area contributed by atoms with E-state index in [0.717, 1.165) is 50.5 Å². The number of carbonyl (C=O) groups is 1. The number of hydrogen-bond acceptors (Lipinski definition) is 3. The molecule has 1 aliphatic heterocycles. The number of benzene rings is 3. The minimum atomic E-state index is 0.0982. The molecule has 2 aliphatic rings. The van der Waals surface area contributed by atoms with Crippen LogP contribution in [-0.2, 0) is 18.3 Å². The Morgan fingerprint density at radius 1 is 0.892 bits per heavy atom. The molecule has 1 aliphatic carbocycles. The van der Waals surface area contributed by atoms with Crippen LogP contribution in [0.5, 0.6) is 5.75 Å². The molecule has 4 nitrogen and oxygen atoms in total. The summed E-state index contributed by atoms with van der Waals surface area (Å²) in [5, 5.41) is 0. The largest absolute Gasteiger partial charge is 0.492 e. The zero-order valence-corrected chi connectivity index (χ0v) is 22.4. The van der Waals surface area contributed by atoms with E-state index < -0.39 is 0 Å². The Bertz CT molecular complexity index is 1190. The first-order valence-electron chi connectivity index (χ1n) is 14.0. The summed E-state index contributed by atoms with van der Waals surface area (Å²) in [4.78, 5) is 17.0. The molecule has 0 unspecified atom stereocenters. The van der Waals surface area contributed by atoms with Gasteiger partial charge in [-0.1, -0.05) is 54.6 Å². The van der Waals surface area contributed by atoms with Gasteiger partial charge in [0, 0.05) is 31.6 Å². The summed E-state index contributed by atoms with van der Waals surface area (Å²) in [7, 11) is 0. The molecule has 1 saturated heterocycles. The number of aryl methyl sites for hydroxylation is 1. The van der Waals surface area contributed by atoms with Gasteiger partial charge in [-0.25, -0.2) is 0 Å². The lowest BCUT2D eigenvalue weighted by Gasteiger charge is -2.40. The maximum atomic E-state index is 12.6. The van der Waals surface area contributed by atoms with Crippen LogP contribution >= 0.6 is 0 Å². The van der Waals surface area contributed by atoms with E-state index >= 15 is 0 Å². The third kappa shape index (κ3) is 5.60. The highest BCUT2D eigenvalue weighted by molar-refractivity contribution is 5.94. The molecule has 0 aromatic heterocycles. The zero-order valence-electron chi connectivity index (χ0n) is 22.4. The van der Waals surface area contributed by atoms with Crippen molar-refractivity contribution < 1.29 is 9.53 Å². The van der Waals surface area contributed by atoms with Crippen LogP contribution in [0.1, 0.15) is 65.7 Å². The summed E-state index contributed by atoms with van der Waals surface area (Å²) >= 11 is 0. The van der Waals surface area contributed by atoms with Crippen LogP contribution in [-0.4, -0.2) is 55.0 Å². The molecular weight excluding hydrogens is 456 g/mol. The Hall–Kier alpha value is -3.11. The smallest absolute Gasteiger partial charge is 0.253 e. The van der Waals surface area contributed by atoms with Crippen molar-refractivity contribution in [2.24, 2.45) is 0 Å². The van der Waals surface area contributed by atoms with Gasteiger partial charge in [-0.05, 0) is 98.5 Å². The van der Waals surface area contributed by atoms with E-state index in [1.807, 2.05) is 36.9 Å². The minimum absolute atomic E-state index is 0.0982. The minimum Gasteiger partial charge on any atom is -0.492 e. The lowest BCUT2D eigenvalue weighted by Crippen LogP contribution is -2.43. The molecule has 0 saturated carbocycles. The number of amides is 1. The summed E-state index contributed by atoms with van der Waals surface area (Å²) < 4.78 is 6.31. The van der Waals surface area contributed by atoms with Crippen molar-refractivity contribution in [2.75, 3.05) is 39.3 Å². The predicted octanol–water partition coefficient (Wildman–Crippen LogP) is 6.12. The Morgan fingerprint density at radius 3 is 2.35 bits per heavy atom. The molecule has 37 heavy (non-hydrogen) atoms. The average Bonchev–Trinajstić information content (AvgIpc) is 3.30. The van der Waals surface area contributed by atoms with E-state index in [4.69, 9.17) is 4.74 Å². The summed E-state index contributed by atoms with van der Waals surface area (Å²) in [6.07, 6.45) is 5.86. The first kappa shape index (κ1) is 25.5. The van der Waals surface area contributed by atoms with Crippen molar-refractivity contribution in [3.8, 4) is 5.75 Å². The van der Waals surface area contributed by atoms with E-state index in [2.05, 4.69) is 59.5 Å². The average molecular weight is 497 g/mol. The molecule has 194 valence electrons. The van der Waals surface area contributed by atoms with E-state index in [9.17, 15) is 4.79 Å². The topological polar surface area (TPSA) is 32.8 Å². The third-order valence-corrected chi connectivity index (χ3v) is 8.56. The van der Waals surface area contributed by atoms with Crippen LogP contribution in [0.2, 0.25) is 0 Å². The summed E-state index contributed by atoms with van der Waals surface area (Å²) in [5.41, 5.74) is 6.72. The van der Waals surface area contributed by atoms with Crippen LogP contribution in [0.3, 0.4) is 0 Å². The number of piperidine rings is 1. The number of para-hydroxylation sites is 1. The van der Waals surface area contributed by atoms with Crippen LogP contribution in [0.4, 0.5) is 0 Å². The van der Waals surface area contributed by atoms with Gasteiger partial charge in [0.25, 0.3) is 5.91 Å². The van der Waals surface area contributed by atoms with Crippen LogP contribution in [0, 0.1) is 0 Å². The van der Waals surface area contributed by atoms with Gasteiger partial charge in [0.2, 0.25) is 0 Å². The van der Waals surface area contributed by atoms with E-state index in [1.165, 1.54) is 36.8 Å². The van der Waals surface area contributed by atoms with Gasteiger partial charge in [-0.15, -0.1) is 0 Å². The molecular formula is C33H40N2O2. The molecule has 0 bridgehead atoms. The fourth-order valence-electron chi connectivity index (χ4n) is 6.24. The van der Waals surface area contributed by atoms with E-state index in [0.29, 0.717) is 12.0 Å². The maximum absolute atomic E-state index is 12.6. The summed E-state index contributed by atoms with van der Waals surface area (Å²) in [6, 6.07) is 25.5. The molecule has 3 aromatic rings. The summed E-state index contributed by atoms with van der Waals surface area (Å²) in [5.74, 6) is 1.06. The number of nitrogens with zero attached hydrogens (tertiary/aromatic N) is 2. The Balaban J connectivity index is 1.13. The molecule has 5 rings (SSSR count). The first-order valence-corrected chi connectivity index (χ1v) is 14.0. The Morgan fingerprint density at radius 2 is 1.59 bits per heavy atom. The molecule has 1 amide bonds. The van der Waals surface area contributed by atoms with Crippen molar-refractivity contribution in [3.63, 3.8) is 0 Å². The molecule has 0 radical (unpaired) electrons. The summed E-state index contributed by atoms with van der Waals surface area (Å²) in [6.45, 7) is 9.47. The lowest BCUT2D eigenvalue weighted by molar-refractivity contribution is 0.0773. The Kier molecular flexibility index (Phi) is 7.95. The molecule has 1 heterocycles. The molecule has 1 fully saturated rings. The predicted molar refractivity (Wildman–Crippen MR) is 151 cm³/mol. The van der Waals surface area contributed by atoms with Gasteiger partial charge in [0.1, 0.15) is 12.4 Å². The van der Waals surface area contributed by atoms with Crippen LogP contribution < -0.4 is 4.74 Å². The molecule has 4 heteroatoms. The SMILES string of the molecule is CCN(CC)C(=O)c1ccc(Cc2ccccc2OCCN2CCC3(CCc4ccccc43)CC2)cc1. The van der Waals surface area contributed by atoms with E-state index in [1.54, 1.807) is 11.1 Å². The monoisotopic (exact) mass is 496 g/mol. The number of likely N-dealkylation sites (tertiary alicyclic amines) is 1. The zero-order chi connectivity index (χ0) is 25.7. The molecule has 1 spiro atoms. The van der Waals surface area contributed by atoms with E-state index in [-0.39, 0.29) is 5.91 Å². The number of carbonyl (C=O) groups excluding carboxylic acids is 1. The second-order valence-electron chi connectivity index (χ2n) is 10.6. The van der Waals surface area contributed by atoms with Crippen molar-refractivity contribution >= 4 is 5.91 Å². The van der Waals surface area contributed by atoms with Gasteiger partial charge in [-0.3, -0.25) is 9.69 Å². The van der Waals surface area contributed by atoms with Gasteiger partial charge < -0.3 is 9.64 Å². The standard InChI is InChI=1S/C33H40N2O2/c1-3-35(4-2)32(36)28-15-13-26(14-16-28)25-29-10-6-8-12-31(29)37-24-23-34-21-19-33(20-22-34)18-17-27-9-5-7-11-30(27)33/h5-16H,3-4,17-25H2,1-2H3. The maximum Gasteiger partial charge on any atom is 0.253 e. The van der Waals surface area contributed by atoms with Crippen molar-refractivity contribution in [1.82, 2.24) is 9.80 Å². The number of ether oxygens (including phenoxy) is 1. The second-order valence-corrected chi connectivity index (χ2v) is 10.6. The fourth-order valence-corrected chi connectivity index (χ4v) is 6.24. The number of fused-ring (bicyclic) bond motifs is 2. The van der Waals surface area contributed by atoms with Crippen LogP contribution in [0.15, 0.2) is 72.8 Å². The highest BCUT2D eigenvalue weighted by Crippen LogP contribution is 2.46. The van der Waals surface area contributed by atoms with Crippen molar-refractivity contribution in [2.45, 2.75) is 51.4 Å². The first-order chi connectivity index (χ1) is 18.1. The van der Waals surface area contributed by atoms with Crippen molar-refractivity contribution in [1.29, 1.82) is 0 Å². The van der Waals surface area contributed by atoms with Crippen LogP contribution in [0.25, 0.3) is 0 Å². The highest BCUT2D eigenvalue weighted by atomic mass is 16.5. The molecule has 0 atom stereocenters. The Labute approximate surface area is 222 Å².